The van der Waals surface area contributed by atoms with Crippen molar-refractivity contribution >= 4 is 39.3 Å². The highest BCUT2D eigenvalue weighted by molar-refractivity contribution is 9.10. The smallest absolute Gasteiger partial charge is 0.320 e. The topological polar surface area (TPSA) is 52.3 Å². The Hall–Kier alpha value is -0.750. The summed E-state index contributed by atoms with van der Waals surface area (Å²) in [5, 5.41) is 0. The zero-order valence-corrected chi connectivity index (χ0v) is 11.0. The van der Waals surface area contributed by atoms with Gasteiger partial charge in [-0.05, 0) is 18.2 Å². The summed E-state index contributed by atoms with van der Waals surface area (Å²) >= 11 is 4.56. The molecule has 0 amide bonds. The van der Waals surface area contributed by atoms with Crippen LogP contribution < -0.4 is 5.73 Å². The van der Waals surface area contributed by atoms with Gasteiger partial charge in [0.05, 0.1) is 7.11 Å². The number of alkyl halides is 1. The van der Waals surface area contributed by atoms with Crippen LogP contribution in [0.5, 0.6) is 0 Å². The Balaban J connectivity index is 2.58. The summed E-state index contributed by atoms with van der Waals surface area (Å²) in [5.41, 5.74) is 5.99. The van der Waals surface area contributed by atoms with Crippen molar-refractivity contribution in [3.05, 3.63) is 24.0 Å². The highest BCUT2D eigenvalue weighted by atomic mass is 79.9. The van der Waals surface area contributed by atoms with E-state index in [-0.39, 0.29) is 11.8 Å². The molecule has 0 fully saturated rings. The van der Waals surface area contributed by atoms with Gasteiger partial charge in [-0.15, -0.1) is 11.8 Å². The highest BCUT2D eigenvalue weighted by Crippen LogP contribution is 2.27. The second-order valence-corrected chi connectivity index (χ2v) is 5.15. The average molecular weight is 308 g/mol. The summed E-state index contributed by atoms with van der Waals surface area (Å²) in [4.78, 5) is 11.4. The summed E-state index contributed by atoms with van der Waals surface area (Å²) in [6.45, 7) is 0. The minimum Gasteiger partial charge on any atom is -0.468 e. The van der Waals surface area contributed by atoms with Gasteiger partial charge in [0.15, 0.2) is 0 Å². The number of thioether (sulfide) groups is 1. The van der Waals surface area contributed by atoms with Crippen molar-refractivity contribution in [3.63, 3.8) is 0 Å². The number of hydrogen-bond acceptors (Lipinski definition) is 4. The quantitative estimate of drug-likeness (QED) is 0.402. The van der Waals surface area contributed by atoms with Crippen molar-refractivity contribution in [1.82, 2.24) is 0 Å². The fourth-order valence-corrected chi connectivity index (χ4v) is 2.44. The van der Waals surface area contributed by atoms with E-state index >= 15 is 0 Å². The Bertz CT molecular complexity index is 389. The lowest BCUT2D eigenvalue weighted by molar-refractivity contribution is -0.139. The minimum absolute atomic E-state index is 0.340. The SMILES string of the molecule is COC(=O)C(Br)CSc1ccc(F)cc1N. The largest absolute Gasteiger partial charge is 0.468 e. The maximum absolute atomic E-state index is 12.8. The van der Waals surface area contributed by atoms with Gasteiger partial charge in [-0.3, -0.25) is 4.79 Å². The molecule has 0 saturated heterocycles. The maximum Gasteiger partial charge on any atom is 0.320 e. The molecular formula is C10H11BrFNO2S. The fraction of sp³-hybridized carbons (Fsp3) is 0.300. The number of hydrogen-bond donors (Lipinski definition) is 1. The van der Waals surface area contributed by atoms with Crippen LogP contribution in [-0.2, 0) is 9.53 Å². The molecule has 0 aliphatic heterocycles. The lowest BCUT2D eigenvalue weighted by Gasteiger charge is -2.08. The average Bonchev–Trinajstić information content (AvgIpc) is 2.26. The predicted molar refractivity (Wildman–Crippen MR) is 66.3 cm³/mol. The van der Waals surface area contributed by atoms with E-state index in [0.717, 1.165) is 4.90 Å². The summed E-state index contributed by atoms with van der Waals surface area (Å²) in [6, 6.07) is 4.18. The molecule has 6 heteroatoms. The van der Waals surface area contributed by atoms with Crippen molar-refractivity contribution in [3.8, 4) is 0 Å². The Morgan fingerprint density at radius 2 is 2.38 bits per heavy atom. The van der Waals surface area contributed by atoms with E-state index in [1.54, 1.807) is 6.07 Å². The van der Waals surface area contributed by atoms with Crippen molar-refractivity contribution in [2.45, 2.75) is 9.72 Å². The third-order valence-electron chi connectivity index (χ3n) is 1.81. The van der Waals surface area contributed by atoms with E-state index < -0.39 is 4.83 Å². The number of carbonyl (C=O) groups is 1. The van der Waals surface area contributed by atoms with Crippen LogP contribution in [-0.4, -0.2) is 23.7 Å². The first-order valence-electron chi connectivity index (χ1n) is 4.44. The highest BCUT2D eigenvalue weighted by Gasteiger charge is 2.15. The standard InChI is InChI=1S/C10H11BrFNO2S/c1-15-10(14)7(11)5-16-9-3-2-6(12)4-8(9)13/h2-4,7H,5,13H2,1H3. The van der Waals surface area contributed by atoms with Crippen LogP contribution in [0.2, 0.25) is 0 Å². The number of methoxy groups -OCH3 is 1. The van der Waals surface area contributed by atoms with Gasteiger partial charge in [-0.1, -0.05) is 15.9 Å². The Labute approximate surface area is 106 Å². The van der Waals surface area contributed by atoms with Gasteiger partial charge in [0, 0.05) is 16.3 Å². The second kappa shape index (κ2) is 6.10. The Morgan fingerprint density at radius 3 is 2.94 bits per heavy atom. The van der Waals surface area contributed by atoms with Crippen molar-refractivity contribution in [2.75, 3.05) is 18.6 Å². The number of benzene rings is 1. The molecule has 1 aromatic carbocycles. The van der Waals surface area contributed by atoms with Crippen LogP contribution in [0.25, 0.3) is 0 Å². The van der Waals surface area contributed by atoms with Gasteiger partial charge >= 0.3 is 5.97 Å². The van der Waals surface area contributed by atoms with E-state index in [2.05, 4.69) is 20.7 Å². The van der Waals surface area contributed by atoms with Crippen molar-refractivity contribution in [1.29, 1.82) is 0 Å². The van der Waals surface area contributed by atoms with Crippen molar-refractivity contribution < 1.29 is 13.9 Å². The molecule has 0 saturated carbocycles. The zero-order chi connectivity index (χ0) is 12.1. The number of ether oxygens (including phenoxy) is 1. The van der Waals surface area contributed by atoms with E-state index in [0.29, 0.717) is 11.4 Å². The van der Waals surface area contributed by atoms with Crippen LogP contribution in [0, 0.1) is 5.82 Å². The van der Waals surface area contributed by atoms with Gasteiger partial charge in [-0.2, -0.15) is 0 Å². The Kier molecular flexibility index (Phi) is 5.08. The number of carbonyl (C=O) groups excluding carboxylic acids is 1. The Morgan fingerprint density at radius 1 is 1.69 bits per heavy atom. The predicted octanol–water partition coefficient (Wildman–Crippen LogP) is 2.44. The van der Waals surface area contributed by atoms with Gasteiger partial charge < -0.3 is 10.5 Å². The van der Waals surface area contributed by atoms with E-state index in [1.807, 2.05) is 0 Å². The molecule has 0 heterocycles. The van der Waals surface area contributed by atoms with E-state index in [1.165, 1.54) is 31.0 Å². The van der Waals surface area contributed by atoms with Gasteiger partial charge in [0.1, 0.15) is 10.6 Å². The number of nitrogens with two attached hydrogens (primary N) is 1. The van der Waals surface area contributed by atoms with Crippen LogP contribution >= 0.6 is 27.7 Å². The molecule has 88 valence electrons. The number of nitrogen functional groups attached to an aromatic ring is 1. The molecule has 0 spiro atoms. The summed E-state index contributed by atoms with van der Waals surface area (Å²) in [7, 11) is 1.33. The molecule has 2 N–H and O–H groups in total. The van der Waals surface area contributed by atoms with Gasteiger partial charge in [0.2, 0.25) is 0 Å². The van der Waals surface area contributed by atoms with E-state index in [9.17, 15) is 9.18 Å². The maximum atomic E-state index is 12.8. The number of halogens is 2. The zero-order valence-electron chi connectivity index (χ0n) is 8.57. The first-order chi connectivity index (χ1) is 7.54. The van der Waals surface area contributed by atoms with Crippen LogP contribution in [0.4, 0.5) is 10.1 Å². The molecule has 1 unspecified atom stereocenters. The van der Waals surface area contributed by atoms with Gasteiger partial charge in [0.25, 0.3) is 0 Å². The van der Waals surface area contributed by atoms with Crippen LogP contribution in [0.3, 0.4) is 0 Å². The molecule has 3 nitrogen and oxygen atoms in total. The molecule has 0 aromatic heterocycles. The van der Waals surface area contributed by atoms with Crippen LogP contribution in [0.1, 0.15) is 0 Å². The first kappa shape index (κ1) is 13.3. The molecular weight excluding hydrogens is 297 g/mol. The monoisotopic (exact) mass is 307 g/mol. The fourth-order valence-electron chi connectivity index (χ4n) is 1.01. The molecule has 1 atom stereocenters. The third-order valence-corrected chi connectivity index (χ3v) is 4.12. The minimum atomic E-state index is -0.396. The summed E-state index contributed by atoms with van der Waals surface area (Å²) in [6.07, 6.45) is 0. The van der Waals surface area contributed by atoms with E-state index in [4.69, 9.17) is 5.73 Å². The molecule has 0 radical (unpaired) electrons. The number of esters is 1. The lowest BCUT2D eigenvalue weighted by atomic mass is 10.3. The molecule has 0 aliphatic rings. The normalized spacial score (nSPS) is 12.2. The summed E-state index contributed by atoms with van der Waals surface area (Å²) in [5.74, 6) is -0.235. The first-order valence-corrected chi connectivity index (χ1v) is 6.34. The molecule has 16 heavy (non-hydrogen) atoms. The lowest BCUT2D eigenvalue weighted by Crippen LogP contribution is -2.17. The number of anilines is 1. The summed E-state index contributed by atoms with van der Waals surface area (Å²) < 4.78 is 17.3. The molecule has 1 rings (SSSR count). The molecule has 0 bridgehead atoms. The number of rotatable bonds is 4. The molecule has 0 aliphatic carbocycles. The van der Waals surface area contributed by atoms with Crippen LogP contribution in [0.15, 0.2) is 23.1 Å². The molecule has 1 aromatic rings. The van der Waals surface area contributed by atoms with Crippen molar-refractivity contribution in [2.24, 2.45) is 0 Å². The van der Waals surface area contributed by atoms with Gasteiger partial charge in [-0.25, -0.2) is 4.39 Å². The second-order valence-electron chi connectivity index (χ2n) is 2.98. The third kappa shape index (κ3) is 3.68.